The van der Waals surface area contributed by atoms with Crippen molar-refractivity contribution < 1.29 is 4.42 Å². The Morgan fingerprint density at radius 2 is 1.51 bits per heavy atom. The molecule has 7 rings (SSSR count). The molecule has 0 saturated heterocycles. The summed E-state index contributed by atoms with van der Waals surface area (Å²) in [7, 11) is 1.72. The lowest BCUT2D eigenvalue weighted by Crippen LogP contribution is -1.97. The van der Waals surface area contributed by atoms with E-state index in [1.807, 2.05) is 24.3 Å². The predicted molar refractivity (Wildman–Crippen MR) is 164 cm³/mol. The Morgan fingerprint density at radius 1 is 0.744 bits per heavy atom. The highest BCUT2D eigenvalue weighted by Crippen LogP contribution is 2.41. The van der Waals surface area contributed by atoms with Gasteiger partial charge in [-0.1, -0.05) is 66.7 Å². The van der Waals surface area contributed by atoms with Gasteiger partial charge in [0.15, 0.2) is 5.84 Å². The summed E-state index contributed by atoms with van der Waals surface area (Å²) in [4.78, 5) is 12.2. The number of hydrogen-bond donors (Lipinski definition) is 0. The number of benzene rings is 5. The Labute approximate surface area is 225 Å². The van der Waals surface area contributed by atoms with E-state index in [1.54, 1.807) is 7.05 Å². The normalized spacial score (nSPS) is 12.4. The van der Waals surface area contributed by atoms with Crippen molar-refractivity contribution in [3.8, 4) is 16.8 Å². The van der Waals surface area contributed by atoms with Gasteiger partial charge in [-0.15, -0.1) is 0 Å². The average Bonchev–Trinajstić information content (AvgIpc) is 3.53. The molecule has 0 N–H and O–H groups in total. The summed E-state index contributed by atoms with van der Waals surface area (Å²) in [6.45, 7) is 3.45. The van der Waals surface area contributed by atoms with Crippen LogP contribution in [0, 0.1) is 0 Å². The lowest BCUT2D eigenvalue weighted by Gasteiger charge is -2.09. The fraction of sp³-hybridized carbons (Fsp3) is 0.0294. The summed E-state index contributed by atoms with van der Waals surface area (Å²) >= 11 is 0. The summed E-state index contributed by atoms with van der Waals surface area (Å²) in [6, 6.07) is 38.1. The Kier molecular flexibility index (Phi) is 5.41. The molecule has 186 valence electrons. The smallest absolute Gasteiger partial charge is 0.156 e. The first-order chi connectivity index (χ1) is 19.3. The largest absolute Gasteiger partial charge is 0.456 e. The van der Waals surface area contributed by atoms with Crippen LogP contribution in [0.1, 0.15) is 5.56 Å². The summed E-state index contributed by atoms with van der Waals surface area (Å²) in [5.41, 5.74) is 8.41. The van der Waals surface area contributed by atoms with Gasteiger partial charge >= 0.3 is 0 Å². The molecule has 0 amide bonds. The SMILES string of the molecule is C=NC=NC(=NC)c1ccc(-c2ccc3c(c2)c2ccc4oc5ccccc5c4c2n3-c2ccccc2)cc1. The molecule has 0 aliphatic carbocycles. The van der Waals surface area contributed by atoms with Crippen LogP contribution in [0.3, 0.4) is 0 Å². The number of fused-ring (bicyclic) bond motifs is 7. The molecule has 2 heterocycles. The third kappa shape index (κ3) is 3.67. The molecule has 39 heavy (non-hydrogen) atoms. The van der Waals surface area contributed by atoms with E-state index in [1.165, 1.54) is 17.1 Å². The molecular formula is C34H24N4O. The number of para-hydroxylation sites is 2. The first-order valence-corrected chi connectivity index (χ1v) is 12.8. The van der Waals surface area contributed by atoms with Crippen LogP contribution < -0.4 is 0 Å². The van der Waals surface area contributed by atoms with Gasteiger partial charge in [0.1, 0.15) is 17.5 Å². The van der Waals surface area contributed by atoms with Crippen molar-refractivity contribution >= 4 is 62.6 Å². The van der Waals surface area contributed by atoms with E-state index in [2.05, 4.69) is 111 Å². The van der Waals surface area contributed by atoms with E-state index in [0.29, 0.717) is 5.84 Å². The van der Waals surface area contributed by atoms with Gasteiger partial charge in [0.05, 0.1) is 16.4 Å². The number of amidine groups is 1. The summed E-state index contributed by atoms with van der Waals surface area (Å²) in [5, 5.41) is 4.64. The molecule has 0 atom stereocenters. The predicted octanol–water partition coefficient (Wildman–Crippen LogP) is 8.46. The zero-order valence-electron chi connectivity index (χ0n) is 21.4. The highest BCUT2D eigenvalue weighted by Gasteiger charge is 2.19. The molecule has 0 saturated carbocycles. The topological polar surface area (TPSA) is 55.1 Å². The molecule has 5 heteroatoms. The molecule has 7 aromatic rings. The Morgan fingerprint density at radius 3 is 2.31 bits per heavy atom. The zero-order chi connectivity index (χ0) is 26.3. The van der Waals surface area contributed by atoms with E-state index >= 15 is 0 Å². The van der Waals surface area contributed by atoms with E-state index in [4.69, 9.17) is 4.42 Å². The van der Waals surface area contributed by atoms with Crippen LogP contribution in [0.5, 0.6) is 0 Å². The summed E-state index contributed by atoms with van der Waals surface area (Å²) < 4.78 is 8.62. The molecule has 0 spiro atoms. The van der Waals surface area contributed by atoms with Gasteiger partial charge in [-0.25, -0.2) is 4.99 Å². The van der Waals surface area contributed by atoms with Crippen LogP contribution in [-0.4, -0.2) is 30.5 Å². The van der Waals surface area contributed by atoms with Crippen LogP contribution in [0.2, 0.25) is 0 Å². The molecule has 0 fully saturated rings. The fourth-order valence-corrected chi connectivity index (χ4v) is 5.51. The summed E-state index contributed by atoms with van der Waals surface area (Å²) in [5.74, 6) is 0.617. The van der Waals surface area contributed by atoms with Gasteiger partial charge in [0.2, 0.25) is 0 Å². The third-order valence-electron chi connectivity index (χ3n) is 7.23. The second kappa shape index (κ2) is 9.23. The highest BCUT2D eigenvalue weighted by molar-refractivity contribution is 6.24. The molecule has 2 aromatic heterocycles. The Bertz CT molecular complexity index is 2080. The molecule has 0 aliphatic rings. The summed E-state index contributed by atoms with van der Waals surface area (Å²) in [6.07, 6.45) is 1.41. The van der Waals surface area contributed by atoms with Crippen molar-refractivity contribution in [1.29, 1.82) is 0 Å². The monoisotopic (exact) mass is 504 g/mol. The minimum Gasteiger partial charge on any atom is -0.456 e. The fourth-order valence-electron chi connectivity index (χ4n) is 5.51. The maximum absolute atomic E-state index is 6.26. The van der Waals surface area contributed by atoms with Crippen molar-refractivity contribution in [2.45, 2.75) is 0 Å². The molecular weight excluding hydrogens is 480 g/mol. The molecule has 5 aromatic carbocycles. The van der Waals surface area contributed by atoms with Crippen LogP contribution in [0.15, 0.2) is 129 Å². The quantitative estimate of drug-likeness (QED) is 0.175. The van der Waals surface area contributed by atoms with E-state index in [0.717, 1.165) is 55.3 Å². The molecule has 5 nitrogen and oxygen atoms in total. The molecule has 0 unspecified atom stereocenters. The Balaban J connectivity index is 1.47. The van der Waals surface area contributed by atoms with Crippen molar-refractivity contribution in [3.63, 3.8) is 0 Å². The van der Waals surface area contributed by atoms with Gasteiger partial charge in [-0.2, -0.15) is 0 Å². The number of aliphatic imine (C=N–C) groups is 3. The minimum atomic E-state index is 0.617. The van der Waals surface area contributed by atoms with Crippen molar-refractivity contribution in [2.75, 3.05) is 7.05 Å². The van der Waals surface area contributed by atoms with Gasteiger partial charge in [-0.3, -0.25) is 9.98 Å². The number of hydrogen-bond acceptors (Lipinski definition) is 2. The maximum atomic E-state index is 6.26. The maximum Gasteiger partial charge on any atom is 0.156 e. The van der Waals surface area contributed by atoms with Crippen LogP contribution in [-0.2, 0) is 0 Å². The standard InChI is InChI=1S/C34H24N4O/c1-35-21-37-34(36-2)23-14-12-22(13-15-23)24-16-18-29-28(20-24)26-17-19-31-32(27-10-6-7-11-30(27)39-31)33(26)38(29)25-8-4-3-5-9-25/h3-21H,1H2,2H3. The second-order valence-electron chi connectivity index (χ2n) is 9.39. The Hall–Kier alpha value is -5.29. The molecule has 0 bridgehead atoms. The van der Waals surface area contributed by atoms with Crippen LogP contribution in [0.4, 0.5) is 0 Å². The highest BCUT2D eigenvalue weighted by atomic mass is 16.3. The van der Waals surface area contributed by atoms with Gasteiger partial charge < -0.3 is 8.98 Å². The molecule has 0 radical (unpaired) electrons. The van der Waals surface area contributed by atoms with E-state index in [9.17, 15) is 0 Å². The number of nitrogens with zero attached hydrogens (tertiary/aromatic N) is 4. The average molecular weight is 505 g/mol. The second-order valence-corrected chi connectivity index (χ2v) is 9.39. The van der Waals surface area contributed by atoms with Crippen molar-refractivity contribution in [2.24, 2.45) is 15.0 Å². The number of rotatable bonds is 4. The van der Waals surface area contributed by atoms with Gasteiger partial charge in [0, 0.05) is 34.5 Å². The van der Waals surface area contributed by atoms with Crippen LogP contribution in [0.25, 0.3) is 60.6 Å². The number of furan rings is 1. The van der Waals surface area contributed by atoms with Gasteiger partial charge in [-0.05, 0) is 60.3 Å². The lowest BCUT2D eigenvalue weighted by atomic mass is 10.0. The zero-order valence-corrected chi connectivity index (χ0v) is 21.4. The minimum absolute atomic E-state index is 0.617. The van der Waals surface area contributed by atoms with Gasteiger partial charge in [0.25, 0.3) is 0 Å². The van der Waals surface area contributed by atoms with Crippen LogP contribution >= 0.6 is 0 Å². The first-order valence-electron chi connectivity index (χ1n) is 12.8. The van der Waals surface area contributed by atoms with Crippen molar-refractivity contribution in [1.82, 2.24) is 4.57 Å². The third-order valence-corrected chi connectivity index (χ3v) is 7.23. The van der Waals surface area contributed by atoms with E-state index < -0.39 is 0 Å². The number of aromatic nitrogens is 1. The van der Waals surface area contributed by atoms with Crippen molar-refractivity contribution in [3.05, 3.63) is 115 Å². The lowest BCUT2D eigenvalue weighted by molar-refractivity contribution is 0.669. The first kappa shape index (κ1) is 22.9. The molecule has 0 aliphatic heterocycles. The van der Waals surface area contributed by atoms with E-state index in [-0.39, 0.29) is 0 Å².